The van der Waals surface area contributed by atoms with Crippen LogP contribution in [0.1, 0.15) is 6.92 Å². The third-order valence-electron chi connectivity index (χ3n) is 0.981. The summed E-state index contributed by atoms with van der Waals surface area (Å²) in [5.41, 5.74) is 0. The highest BCUT2D eigenvalue weighted by Crippen LogP contribution is 2.49. The molecule has 0 amide bonds. The van der Waals surface area contributed by atoms with Crippen LogP contribution in [0.2, 0.25) is 0 Å². The van der Waals surface area contributed by atoms with Crippen molar-refractivity contribution in [3.8, 4) is 0 Å². The SMILES string of the molecule is C=CCP(=S)(OC=C(Cl)Cl)OCC. The van der Waals surface area contributed by atoms with Crippen molar-refractivity contribution < 1.29 is 9.05 Å². The quantitative estimate of drug-likeness (QED) is 0.411. The van der Waals surface area contributed by atoms with Crippen LogP contribution in [0.15, 0.2) is 23.4 Å². The van der Waals surface area contributed by atoms with Crippen molar-refractivity contribution in [1.29, 1.82) is 0 Å². The molecule has 0 radical (unpaired) electrons. The number of hydrogen-bond donors (Lipinski definition) is 0. The van der Waals surface area contributed by atoms with E-state index in [9.17, 15) is 0 Å². The van der Waals surface area contributed by atoms with Crippen molar-refractivity contribution in [2.45, 2.75) is 6.92 Å². The fraction of sp³-hybridized carbons (Fsp3) is 0.429. The van der Waals surface area contributed by atoms with Gasteiger partial charge in [0, 0.05) is 0 Å². The molecule has 1 atom stereocenters. The summed E-state index contributed by atoms with van der Waals surface area (Å²) in [6, 6.07) is 0. The van der Waals surface area contributed by atoms with E-state index in [2.05, 4.69) is 6.58 Å². The van der Waals surface area contributed by atoms with Gasteiger partial charge < -0.3 is 9.05 Å². The fourth-order valence-corrected chi connectivity index (χ4v) is 2.80. The molecule has 0 aromatic rings. The molecule has 0 aliphatic heterocycles. The summed E-state index contributed by atoms with van der Waals surface area (Å²) in [4.78, 5) is 0. The highest BCUT2D eigenvalue weighted by molar-refractivity contribution is 8.10. The maximum Gasteiger partial charge on any atom is 0.241 e. The molecule has 0 bridgehead atoms. The van der Waals surface area contributed by atoms with Gasteiger partial charge in [-0.15, -0.1) is 6.58 Å². The molecule has 0 fully saturated rings. The van der Waals surface area contributed by atoms with E-state index in [1.165, 1.54) is 6.26 Å². The summed E-state index contributed by atoms with van der Waals surface area (Å²) in [5.74, 6) is 0. The van der Waals surface area contributed by atoms with Gasteiger partial charge in [0.2, 0.25) is 6.49 Å². The van der Waals surface area contributed by atoms with Crippen molar-refractivity contribution >= 4 is 41.5 Å². The lowest BCUT2D eigenvalue weighted by atomic mass is 10.8. The maximum atomic E-state index is 5.38. The zero-order chi connectivity index (χ0) is 10.3. The Kier molecular flexibility index (Phi) is 7.10. The molecule has 0 aromatic heterocycles. The fourth-order valence-electron chi connectivity index (χ4n) is 0.601. The van der Waals surface area contributed by atoms with Crippen molar-refractivity contribution in [3.63, 3.8) is 0 Å². The van der Waals surface area contributed by atoms with Crippen molar-refractivity contribution in [2.24, 2.45) is 0 Å². The Labute approximate surface area is 93.7 Å². The molecule has 0 rings (SSSR count). The number of halogens is 2. The van der Waals surface area contributed by atoms with E-state index < -0.39 is 6.49 Å². The first-order valence-electron chi connectivity index (χ1n) is 3.58. The van der Waals surface area contributed by atoms with Crippen LogP contribution >= 0.6 is 29.7 Å². The number of allylic oxidation sites excluding steroid dienone is 1. The third kappa shape index (κ3) is 6.53. The molecule has 0 heterocycles. The zero-order valence-corrected chi connectivity index (χ0v) is 10.4. The summed E-state index contributed by atoms with van der Waals surface area (Å²) < 4.78 is 10.5. The van der Waals surface area contributed by atoms with Gasteiger partial charge in [-0.1, -0.05) is 29.3 Å². The van der Waals surface area contributed by atoms with Crippen molar-refractivity contribution in [2.75, 3.05) is 12.8 Å². The second-order valence-corrected chi connectivity index (χ2v) is 6.75. The molecule has 0 spiro atoms. The average molecular weight is 261 g/mol. The summed E-state index contributed by atoms with van der Waals surface area (Å²) in [6.07, 6.45) is 3.35. The molecule has 13 heavy (non-hydrogen) atoms. The predicted molar refractivity (Wildman–Crippen MR) is 61.8 cm³/mol. The van der Waals surface area contributed by atoms with Crippen LogP contribution in [0.5, 0.6) is 0 Å². The second-order valence-electron chi connectivity index (χ2n) is 2.01. The lowest BCUT2D eigenvalue weighted by Gasteiger charge is -2.18. The van der Waals surface area contributed by atoms with E-state index in [4.69, 9.17) is 44.1 Å². The van der Waals surface area contributed by atoms with Gasteiger partial charge >= 0.3 is 0 Å². The van der Waals surface area contributed by atoms with Crippen LogP contribution in [0.4, 0.5) is 0 Å². The number of hydrogen-bond acceptors (Lipinski definition) is 3. The van der Waals surface area contributed by atoms with Crippen LogP contribution in [0, 0.1) is 0 Å². The normalized spacial score (nSPS) is 14.4. The summed E-state index contributed by atoms with van der Waals surface area (Å²) in [7, 11) is 0. The van der Waals surface area contributed by atoms with Gasteiger partial charge in [-0.25, -0.2) is 0 Å². The van der Waals surface area contributed by atoms with Gasteiger partial charge in [0.25, 0.3) is 0 Å². The maximum absolute atomic E-state index is 5.38. The average Bonchev–Trinajstić information content (AvgIpc) is 2.02. The molecular weight excluding hydrogens is 250 g/mol. The van der Waals surface area contributed by atoms with E-state index >= 15 is 0 Å². The summed E-state index contributed by atoms with van der Waals surface area (Å²) in [6.45, 7) is 3.61. The van der Waals surface area contributed by atoms with Gasteiger partial charge in [-0.2, -0.15) is 0 Å². The molecule has 0 aliphatic carbocycles. The smallest absolute Gasteiger partial charge is 0.241 e. The summed E-state index contributed by atoms with van der Waals surface area (Å²) >= 11 is 15.9. The van der Waals surface area contributed by atoms with Gasteiger partial charge in [0.05, 0.1) is 12.8 Å². The monoisotopic (exact) mass is 260 g/mol. The Bertz CT molecular complexity index is 239. The topological polar surface area (TPSA) is 18.5 Å². The number of rotatable bonds is 6. The Morgan fingerprint density at radius 2 is 2.23 bits per heavy atom. The Morgan fingerprint density at radius 1 is 1.62 bits per heavy atom. The molecule has 0 aliphatic rings. The van der Waals surface area contributed by atoms with Crippen LogP contribution in [-0.4, -0.2) is 12.8 Å². The highest BCUT2D eigenvalue weighted by Gasteiger charge is 2.15. The zero-order valence-electron chi connectivity index (χ0n) is 7.20. The van der Waals surface area contributed by atoms with Crippen LogP contribution in [-0.2, 0) is 20.9 Å². The molecular formula is C7H11Cl2O2PS. The standard InChI is InChI=1S/C7H11Cl2O2PS/c1-3-5-12(13,10-4-2)11-6-7(8)9/h3,6H,1,4-5H2,2H3. The van der Waals surface area contributed by atoms with Gasteiger partial charge in [0.1, 0.15) is 10.8 Å². The highest BCUT2D eigenvalue weighted by atomic mass is 35.5. The van der Waals surface area contributed by atoms with Gasteiger partial charge in [-0.05, 0) is 18.7 Å². The first-order chi connectivity index (χ1) is 6.04. The Hall–Kier alpha value is 0.470. The lowest BCUT2D eigenvalue weighted by Crippen LogP contribution is -1.94. The van der Waals surface area contributed by atoms with Crippen LogP contribution in [0.25, 0.3) is 0 Å². The predicted octanol–water partition coefficient (Wildman–Crippen LogP) is 3.81. The molecule has 76 valence electrons. The minimum Gasteiger partial charge on any atom is -0.448 e. The minimum absolute atomic E-state index is 0.0259. The third-order valence-corrected chi connectivity index (χ3v) is 3.96. The van der Waals surface area contributed by atoms with E-state index in [-0.39, 0.29) is 4.49 Å². The molecule has 2 nitrogen and oxygen atoms in total. The Morgan fingerprint density at radius 3 is 2.62 bits per heavy atom. The summed E-state index contributed by atoms with van der Waals surface area (Å²) in [5, 5.41) is 0. The molecule has 0 saturated carbocycles. The minimum atomic E-state index is -2.30. The van der Waals surface area contributed by atoms with Gasteiger partial charge in [-0.3, -0.25) is 0 Å². The molecule has 1 unspecified atom stereocenters. The first-order valence-corrected chi connectivity index (χ1v) is 7.16. The van der Waals surface area contributed by atoms with E-state index in [0.29, 0.717) is 12.8 Å². The first kappa shape index (κ1) is 13.5. The van der Waals surface area contributed by atoms with Crippen LogP contribution in [0.3, 0.4) is 0 Å². The van der Waals surface area contributed by atoms with Crippen molar-refractivity contribution in [1.82, 2.24) is 0 Å². The van der Waals surface area contributed by atoms with Crippen molar-refractivity contribution in [3.05, 3.63) is 23.4 Å². The van der Waals surface area contributed by atoms with Crippen LogP contribution < -0.4 is 0 Å². The van der Waals surface area contributed by atoms with E-state index in [1.807, 2.05) is 6.92 Å². The molecule has 0 saturated heterocycles. The van der Waals surface area contributed by atoms with E-state index in [0.717, 1.165) is 0 Å². The molecule has 0 aromatic carbocycles. The largest absolute Gasteiger partial charge is 0.448 e. The lowest BCUT2D eigenvalue weighted by molar-refractivity contribution is 0.316. The second kappa shape index (κ2) is 6.86. The Balaban J connectivity index is 4.32. The molecule has 0 N–H and O–H groups in total. The van der Waals surface area contributed by atoms with E-state index in [1.54, 1.807) is 6.08 Å². The van der Waals surface area contributed by atoms with Gasteiger partial charge in [0.15, 0.2) is 0 Å². The molecule has 6 heteroatoms.